The van der Waals surface area contributed by atoms with E-state index in [4.69, 9.17) is 0 Å². The SMILES string of the molecule is CCC1(Cc2ccccc2)CCCN(Cc2ccccc2)C1=O. The van der Waals surface area contributed by atoms with Crippen molar-refractivity contribution in [3.63, 3.8) is 0 Å². The maximum Gasteiger partial charge on any atom is 0.229 e. The minimum absolute atomic E-state index is 0.228. The van der Waals surface area contributed by atoms with Gasteiger partial charge >= 0.3 is 0 Å². The molecule has 0 aromatic heterocycles. The minimum Gasteiger partial charge on any atom is -0.338 e. The van der Waals surface area contributed by atoms with Gasteiger partial charge in [-0.3, -0.25) is 4.79 Å². The zero-order valence-electron chi connectivity index (χ0n) is 13.9. The Morgan fingerprint density at radius 2 is 1.57 bits per heavy atom. The molecule has 23 heavy (non-hydrogen) atoms. The highest BCUT2D eigenvalue weighted by Crippen LogP contribution is 2.38. The molecule has 1 saturated heterocycles. The van der Waals surface area contributed by atoms with E-state index in [2.05, 4.69) is 48.2 Å². The number of nitrogens with zero attached hydrogens (tertiary/aromatic N) is 1. The van der Waals surface area contributed by atoms with Gasteiger partial charge in [0.15, 0.2) is 0 Å². The molecule has 2 aromatic rings. The molecule has 1 heterocycles. The Morgan fingerprint density at radius 1 is 0.957 bits per heavy atom. The maximum atomic E-state index is 13.2. The minimum atomic E-state index is -0.228. The molecule has 1 aliphatic rings. The third kappa shape index (κ3) is 3.47. The van der Waals surface area contributed by atoms with E-state index in [1.165, 1.54) is 11.1 Å². The van der Waals surface area contributed by atoms with Crippen LogP contribution in [-0.4, -0.2) is 17.4 Å². The molecule has 2 heteroatoms. The zero-order valence-corrected chi connectivity index (χ0v) is 13.9. The number of benzene rings is 2. The Kier molecular flexibility index (Phi) is 4.80. The van der Waals surface area contributed by atoms with Crippen molar-refractivity contribution in [3.8, 4) is 0 Å². The third-order valence-electron chi connectivity index (χ3n) is 5.10. The predicted molar refractivity (Wildman–Crippen MR) is 94.0 cm³/mol. The van der Waals surface area contributed by atoms with Crippen molar-refractivity contribution in [2.45, 2.75) is 39.2 Å². The van der Waals surface area contributed by atoms with Crippen molar-refractivity contribution in [3.05, 3.63) is 71.8 Å². The van der Waals surface area contributed by atoms with Gasteiger partial charge in [0.25, 0.3) is 0 Å². The molecule has 0 radical (unpaired) electrons. The second kappa shape index (κ2) is 6.99. The third-order valence-corrected chi connectivity index (χ3v) is 5.10. The molecule has 1 amide bonds. The molecular formula is C21H25NO. The lowest BCUT2D eigenvalue weighted by Gasteiger charge is -2.41. The van der Waals surface area contributed by atoms with Crippen molar-refractivity contribution < 1.29 is 4.79 Å². The molecule has 1 aliphatic heterocycles. The molecule has 0 N–H and O–H groups in total. The summed E-state index contributed by atoms with van der Waals surface area (Å²) in [4.78, 5) is 15.3. The van der Waals surface area contributed by atoms with Crippen LogP contribution in [0.15, 0.2) is 60.7 Å². The lowest BCUT2D eigenvalue weighted by Crippen LogP contribution is -2.49. The summed E-state index contributed by atoms with van der Waals surface area (Å²) < 4.78 is 0. The van der Waals surface area contributed by atoms with E-state index >= 15 is 0 Å². The highest BCUT2D eigenvalue weighted by Gasteiger charge is 2.42. The standard InChI is InChI=1S/C21H25NO/c1-2-21(16-18-10-5-3-6-11-18)14-9-15-22(20(21)23)17-19-12-7-4-8-13-19/h3-8,10-13H,2,9,14-17H2,1H3. The van der Waals surface area contributed by atoms with Gasteiger partial charge in [-0.1, -0.05) is 67.6 Å². The van der Waals surface area contributed by atoms with Crippen LogP contribution in [0.2, 0.25) is 0 Å². The van der Waals surface area contributed by atoms with Gasteiger partial charge in [0.05, 0.1) is 5.41 Å². The molecule has 0 spiro atoms. The van der Waals surface area contributed by atoms with Crippen LogP contribution >= 0.6 is 0 Å². The Labute approximate surface area is 139 Å². The fraction of sp³-hybridized carbons (Fsp3) is 0.381. The number of hydrogen-bond donors (Lipinski definition) is 0. The Morgan fingerprint density at radius 3 is 2.17 bits per heavy atom. The largest absolute Gasteiger partial charge is 0.338 e. The molecule has 1 atom stereocenters. The monoisotopic (exact) mass is 307 g/mol. The average Bonchev–Trinajstić information content (AvgIpc) is 2.60. The summed E-state index contributed by atoms with van der Waals surface area (Å²) in [7, 11) is 0. The van der Waals surface area contributed by atoms with Gasteiger partial charge in [-0.15, -0.1) is 0 Å². The summed E-state index contributed by atoms with van der Waals surface area (Å²) in [5.74, 6) is 0.332. The number of likely N-dealkylation sites (tertiary alicyclic amines) is 1. The van der Waals surface area contributed by atoms with Crippen LogP contribution in [0.4, 0.5) is 0 Å². The second-order valence-corrected chi connectivity index (χ2v) is 6.61. The van der Waals surface area contributed by atoms with Gasteiger partial charge in [-0.2, -0.15) is 0 Å². The molecule has 1 unspecified atom stereocenters. The summed E-state index contributed by atoms with van der Waals surface area (Å²) in [6.45, 7) is 3.77. The first-order valence-electron chi connectivity index (χ1n) is 8.61. The normalized spacial score (nSPS) is 21.4. The van der Waals surface area contributed by atoms with E-state index in [1.54, 1.807) is 0 Å². The molecule has 2 aromatic carbocycles. The van der Waals surface area contributed by atoms with Crippen molar-refractivity contribution in [2.75, 3.05) is 6.54 Å². The van der Waals surface area contributed by atoms with Crippen LogP contribution in [0, 0.1) is 5.41 Å². The van der Waals surface area contributed by atoms with Crippen LogP contribution in [0.3, 0.4) is 0 Å². The van der Waals surface area contributed by atoms with Crippen LogP contribution < -0.4 is 0 Å². The zero-order chi connectivity index (χ0) is 16.1. The Balaban J connectivity index is 1.79. The molecule has 0 saturated carbocycles. The molecule has 120 valence electrons. The molecule has 1 fully saturated rings. The lowest BCUT2D eigenvalue weighted by molar-refractivity contribution is -0.147. The molecule has 0 aliphatic carbocycles. The first-order valence-corrected chi connectivity index (χ1v) is 8.61. The van der Waals surface area contributed by atoms with Crippen LogP contribution in [0.1, 0.15) is 37.3 Å². The molecule has 0 bridgehead atoms. The van der Waals surface area contributed by atoms with Crippen LogP contribution in [0.25, 0.3) is 0 Å². The van der Waals surface area contributed by atoms with Crippen molar-refractivity contribution in [1.82, 2.24) is 4.90 Å². The highest BCUT2D eigenvalue weighted by molar-refractivity contribution is 5.83. The summed E-state index contributed by atoms with van der Waals surface area (Å²) in [5, 5.41) is 0. The van der Waals surface area contributed by atoms with Gasteiger partial charge in [0.2, 0.25) is 5.91 Å². The number of piperidine rings is 1. The average molecular weight is 307 g/mol. The topological polar surface area (TPSA) is 20.3 Å². The van der Waals surface area contributed by atoms with Gasteiger partial charge in [-0.25, -0.2) is 0 Å². The first kappa shape index (κ1) is 15.8. The fourth-order valence-electron chi connectivity index (χ4n) is 3.71. The smallest absolute Gasteiger partial charge is 0.229 e. The van der Waals surface area contributed by atoms with Crippen LogP contribution in [0.5, 0.6) is 0 Å². The summed E-state index contributed by atoms with van der Waals surface area (Å²) in [6.07, 6.45) is 3.86. The van der Waals surface area contributed by atoms with Gasteiger partial charge in [0.1, 0.15) is 0 Å². The van der Waals surface area contributed by atoms with Crippen LogP contribution in [-0.2, 0) is 17.8 Å². The quantitative estimate of drug-likeness (QED) is 0.799. The van der Waals surface area contributed by atoms with Crippen molar-refractivity contribution in [2.24, 2.45) is 5.41 Å². The maximum absolute atomic E-state index is 13.2. The number of carbonyl (C=O) groups excluding carboxylic acids is 1. The molecule has 2 nitrogen and oxygen atoms in total. The van der Waals surface area contributed by atoms with E-state index in [0.717, 1.165) is 38.8 Å². The van der Waals surface area contributed by atoms with E-state index < -0.39 is 0 Å². The van der Waals surface area contributed by atoms with E-state index in [1.807, 2.05) is 24.3 Å². The molecular weight excluding hydrogens is 282 g/mol. The first-order chi connectivity index (χ1) is 11.2. The number of amides is 1. The van der Waals surface area contributed by atoms with E-state index in [-0.39, 0.29) is 5.41 Å². The fourth-order valence-corrected chi connectivity index (χ4v) is 3.71. The highest BCUT2D eigenvalue weighted by atomic mass is 16.2. The van der Waals surface area contributed by atoms with Crippen molar-refractivity contribution in [1.29, 1.82) is 0 Å². The Bertz CT molecular complexity index is 637. The summed E-state index contributed by atoms with van der Waals surface area (Å²) >= 11 is 0. The number of hydrogen-bond acceptors (Lipinski definition) is 1. The van der Waals surface area contributed by atoms with E-state index in [9.17, 15) is 4.79 Å². The van der Waals surface area contributed by atoms with Crippen molar-refractivity contribution >= 4 is 5.91 Å². The van der Waals surface area contributed by atoms with Gasteiger partial charge < -0.3 is 4.90 Å². The summed E-state index contributed by atoms with van der Waals surface area (Å²) in [5.41, 5.74) is 2.26. The summed E-state index contributed by atoms with van der Waals surface area (Å²) in [6, 6.07) is 20.8. The van der Waals surface area contributed by atoms with E-state index in [0.29, 0.717) is 5.91 Å². The van der Waals surface area contributed by atoms with Gasteiger partial charge in [0, 0.05) is 13.1 Å². The lowest BCUT2D eigenvalue weighted by atomic mass is 9.72. The van der Waals surface area contributed by atoms with Gasteiger partial charge in [-0.05, 0) is 36.8 Å². The molecule has 3 rings (SSSR count). The Hall–Kier alpha value is -2.09. The second-order valence-electron chi connectivity index (χ2n) is 6.61. The number of rotatable bonds is 5. The predicted octanol–water partition coefficient (Wildman–Crippen LogP) is 4.45. The number of carbonyl (C=O) groups is 1.